The molecule has 0 atom stereocenters. The van der Waals surface area contributed by atoms with Crippen LogP contribution in [0.1, 0.15) is 5.56 Å². The van der Waals surface area contributed by atoms with Gasteiger partial charge in [-0.25, -0.2) is 5.48 Å². The molecule has 0 saturated carbocycles. The number of hydrogen-bond donors (Lipinski definition) is 1. The highest BCUT2D eigenvalue weighted by atomic mass is 35.5. The minimum Gasteiger partial charge on any atom is -0.359 e. The van der Waals surface area contributed by atoms with Crippen LogP contribution in [0.25, 0.3) is 23.7 Å². The van der Waals surface area contributed by atoms with Crippen molar-refractivity contribution in [2.75, 3.05) is 0 Å². The Bertz CT molecular complexity index is 1040. The zero-order chi connectivity index (χ0) is 16.5. The molecule has 24 heavy (non-hydrogen) atoms. The van der Waals surface area contributed by atoms with Gasteiger partial charge >= 0.3 is 0 Å². The van der Waals surface area contributed by atoms with Gasteiger partial charge in [0.1, 0.15) is 10.9 Å². The zero-order valence-electron chi connectivity index (χ0n) is 12.4. The maximum atomic E-state index is 6.26. The molecule has 1 aromatic carbocycles. The maximum Gasteiger partial charge on any atom is 0.261 e. The lowest BCUT2D eigenvalue weighted by molar-refractivity contribution is 0.229. The van der Waals surface area contributed by atoms with E-state index in [-0.39, 0.29) is 0 Å². The van der Waals surface area contributed by atoms with E-state index in [1.165, 1.54) is 0 Å². The predicted octanol–water partition coefficient (Wildman–Crippen LogP) is 1.85. The number of nitrogens with zero attached hydrogens (tertiary/aromatic N) is 3. The molecule has 4 rings (SSSR count). The van der Waals surface area contributed by atoms with Crippen molar-refractivity contribution >= 4 is 29.9 Å². The Morgan fingerprint density at radius 2 is 2.00 bits per heavy atom. The summed E-state index contributed by atoms with van der Waals surface area (Å²) in [4.78, 5) is 14.0. The fourth-order valence-corrected chi connectivity index (χ4v) is 2.58. The molecule has 0 unspecified atom stereocenters. The van der Waals surface area contributed by atoms with Gasteiger partial charge in [-0.1, -0.05) is 41.5 Å². The number of aliphatic imine (C=N–C) groups is 1. The van der Waals surface area contributed by atoms with Crippen LogP contribution in [0.4, 0.5) is 0 Å². The molecule has 3 aromatic rings. The third-order valence-corrected chi connectivity index (χ3v) is 3.83. The van der Waals surface area contributed by atoms with E-state index < -0.39 is 0 Å². The molecule has 1 aliphatic rings. The second kappa shape index (κ2) is 5.82. The SMILES string of the molecule is C=c1onc(-c2ccccc2Cl)c1=C1N=C(c2cccnc2)NO1. The van der Waals surface area contributed by atoms with E-state index >= 15 is 0 Å². The Balaban J connectivity index is 1.91. The predicted molar refractivity (Wildman–Crippen MR) is 90.1 cm³/mol. The van der Waals surface area contributed by atoms with E-state index in [4.69, 9.17) is 21.0 Å². The smallest absolute Gasteiger partial charge is 0.261 e. The van der Waals surface area contributed by atoms with E-state index in [9.17, 15) is 0 Å². The van der Waals surface area contributed by atoms with Crippen LogP contribution in [0.2, 0.25) is 5.02 Å². The third kappa shape index (κ3) is 2.43. The van der Waals surface area contributed by atoms with Crippen molar-refractivity contribution in [1.82, 2.24) is 15.6 Å². The lowest BCUT2D eigenvalue weighted by Gasteiger charge is -2.00. The molecule has 0 spiro atoms. The van der Waals surface area contributed by atoms with E-state index in [1.807, 2.05) is 30.3 Å². The molecule has 118 valence electrons. The molecule has 2 aromatic heterocycles. The van der Waals surface area contributed by atoms with Crippen molar-refractivity contribution in [3.05, 3.63) is 70.0 Å². The molecule has 3 heterocycles. The first-order chi connectivity index (χ1) is 11.7. The monoisotopic (exact) mass is 338 g/mol. The minimum atomic E-state index is 0.315. The number of rotatable bonds is 2. The number of aromatic nitrogens is 2. The van der Waals surface area contributed by atoms with Gasteiger partial charge in [0, 0.05) is 23.5 Å². The van der Waals surface area contributed by atoms with Crippen molar-refractivity contribution in [3.8, 4) is 11.3 Å². The van der Waals surface area contributed by atoms with Gasteiger partial charge in [-0.2, -0.15) is 4.99 Å². The van der Waals surface area contributed by atoms with Crippen LogP contribution in [0.3, 0.4) is 0 Å². The van der Waals surface area contributed by atoms with Gasteiger partial charge in [0.05, 0.1) is 5.02 Å². The number of hydrogen-bond acceptors (Lipinski definition) is 6. The molecule has 7 heteroatoms. The average Bonchev–Trinajstić information content (AvgIpc) is 3.23. The van der Waals surface area contributed by atoms with Gasteiger partial charge in [-0.3, -0.25) is 4.98 Å². The lowest BCUT2D eigenvalue weighted by Crippen LogP contribution is -2.24. The Hall–Kier alpha value is -3.12. The van der Waals surface area contributed by atoms with Gasteiger partial charge in [-0.05, 0) is 18.2 Å². The summed E-state index contributed by atoms with van der Waals surface area (Å²) in [6, 6.07) is 11.0. The van der Waals surface area contributed by atoms with Crippen LogP contribution in [0.15, 0.2) is 58.3 Å². The third-order valence-electron chi connectivity index (χ3n) is 3.50. The summed E-state index contributed by atoms with van der Waals surface area (Å²) < 4.78 is 5.23. The summed E-state index contributed by atoms with van der Waals surface area (Å²) in [6.45, 7) is 3.86. The summed E-state index contributed by atoms with van der Waals surface area (Å²) in [5.41, 5.74) is 5.16. The Kier molecular flexibility index (Phi) is 3.51. The van der Waals surface area contributed by atoms with Crippen LogP contribution in [-0.2, 0) is 4.84 Å². The fraction of sp³-hybridized carbons (Fsp3) is 0. The van der Waals surface area contributed by atoms with Crippen LogP contribution < -0.4 is 16.1 Å². The lowest BCUT2D eigenvalue weighted by atomic mass is 10.1. The molecule has 1 N–H and O–H groups in total. The van der Waals surface area contributed by atoms with Crippen LogP contribution in [-0.4, -0.2) is 16.0 Å². The molecular formula is C17H11ClN4O2. The first kappa shape index (κ1) is 14.5. The normalized spacial score (nSPS) is 15.6. The van der Waals surface area contributed by atoms with Crippen molar-refractivity contribution in [3.63, 3.8) is 0 Å². The topological polar surface area (TPSA) is 72.5 Å². The Labute approximate surface area is 141 Å². The van der Waals surface area contributed by atoms with Crippen molar-refractivity contribution in [2.24, 2.45) is 4.99 Å². The van der Waals surface area contributed by atoms with E-state index in [1.54, 1.807) is 18.5 Å². The molecule has 0 aliphatic carbocycles. The van der Waals surface area contributed by atoms with Gasteiger partial charge in [0.15, 0.2) is 11.3 Å². The molecule has 0 fully saturated rings. The fourth-order valence-electron chi connectivity index (χ4n) is 2.36. The van der Waals surface area contributed by atoms with Crippen molar-refractivity contribution in [1.29, 1.82) is 0 Å². The first-order valence-corrected chi connectivity index (χ1v) is 7.47. The molecule has 1 aliphatic heterocycles. The summed E-state index contributed by atoms with van der Waals surface area (Å²) in [6.07, 6.45) is 3.37. The second-order valence-electron chi connectivity index (χ2n) is 5.02. The molecule has 0 bridgehead atoms. The van der Waals surface area contributed by atoms with Gasteiger partial charge < -0.3 is 9.36 Å². The van der Waals surface area contributed by atoms with Crippen LogP contribution in [0.5, 0.6) is 0 Å². The Morgan fingerprint density at radius 1 is 1.12 bits per heavy atom. The van der Waals surface area contributed by atoms with Crippen LogP contribution in [0, 0.1) is 0 Å². The maximum absolute atomic E-state index is 6.26. The highest BCUT2D eigenvalue weighted by Crippen LogP contribution is 2.24. The van der Waals surface area contributed by atoms with Gasteiger partial charge in [0.25, 0.3) is 5.88 Å². The van der Waals surface area contributed by atoms with Gasteiger partial charge in [0.2, 0.25) is 0 Å². The highest BCUT2D eigenvalue weighted by Gasteiger charge is 2.20. The number of hydroxylamine groups is 1. The number of nitrogens with one attached hydrogen (secondary N) is 1. The molecule has 6 nitrogen and oxygen atoms in total. The number of halogens is 1. The van der Waals surface area contributed by atoms with Crippen molar-refractivity contribution in [2.45, 2.75) is 0 Å². The minimum absolute atomic E-state index is 0.315. The standard InChI is InChI=1S/C17H11ClN4O2/c1-10-14(15(21-23-10)12-6-2-3-7-13(12)18)17-20-16(22-24-17)11-5-4-8-19-9-11/h2-9H,1H2,(H,20,22). The summed E-state index contributed by atoms with van der Waals surface area (Å²) in [7, 11) is 0. The zero-order valence-corrected chi connectivity index (χ0v) is 13.1. The summed E-state index contributed by atoms with van der Waals surface area (Å²) in [5.74, 6) is 0.860. The van der Waals surface area contributed by atoms with E-state index in [0.717, 1.165) is 5.56 Å². The number of amidine groups is 1. The largest absolute Gasteiger partial charge is 0.359 e. The second-order valence-corrected chi connectivity index (χ2v) is 5.43. The van der Waals surface area contributed by atoms with Crippen LogP contribution >= 0.6 is 11.6 Å². The molecule has 0 amide bonds. The molecule has 0 saturated heterocycles. The van der Waals surface area contributed by atoms with Gasteiger partial charge in [-0.15, -0.1) is 0 Å². The molecule has 0 radical (unpaired) electrons. The summed E-state index contributed by atoms with van der Waals surface area (Å²) in [5, 5.41) is 5.16. The quantitative estimate of drug-likeness (QED) is 0.772. The highest BCUT2D eigenvalue weighted by molar-refractivity contribution is 6.33. The summed E-state index contributed by atoms with van der Waals surface area (Å²) >= 11 is 6.26. The number of benzene rings is 1. The molecular weight excluding hydrogens is 328 g/mol. The number of pyridine rings is 1. The Morgan fingerprint density at radius 3 is 2.79 bits per heavy atom. The first-order valence-electron chi connectivity index (χ1n) is 7.10. The average molecular weight is 339 g/mol. The van der Waals surface area contributed by atoms with E-state index in [0.29, 0.717) is 38.6 Å². The van der Waals surface area contributed by atoms with Crippen molar-refractivity contribution < 1.29 is 9.36 Å². The van der Waals surface area contributed by atoms with E-state index in [2.05, 4.69) is 27.2 Å².